The number of carbonyl (C=O) groups is 1. The molecule has 156 valence electrons. The van der Waals surface area contributed by atoms with Crippen LogP contribution in [-0.2, 0) is 26.1 Å². The summed E-state index contributed by atoms with van der Waals surface area (Å²) in [6, 6.07) is 5.69. The summed E-state index contributed by atoms with van der Waals surface area (Å²) >= 11 is 0. The van der Waals surface area contributed by atoms with Crippen molar-refractivity contribution in [3.63, 3.8) is 0 Å². The van der Waals surface area contributed by atoms with Crippen molar-refractivity contribution < 1.29 is 17.9 Å². The molecule has 1 aliphatic carbocycles. The zero-order chi connectivity index (χ0) is 20.3. The summed E-state index contributed by atoms with van der Waals surface area (Å²) in [5.74, 6) is 0.151. The van der Waals surface area contributed by atoms with E-state index in [1.54, 1.807) is 0 Å². The predicted octanol–water partition coefficient (Wildman–Crippen LogP) is 2.43. The Labute approximate surface area is 168 Å². The van der Waals surface area contributed by atoms with Gasteiger partial charge < -0.3 is 15.0 Å². The highest BCUT2D eigenvalue weighted by atomic mass is 32.2. The van der Waals surface area contributed by atoms with Crippen molar-refractivity contribution in [2.75, 3.05) is 43.7 Å². The molecule has 1 aliphatic heterocycles. The van der Waals surface area contributed by atoms with Gasteiger partial charge in [0.25, 0.3) is 0 Å². The van der Waals surface area contributed by atoms with Crippen LogP contribution in [0.3, 0.4) is 0 Å². The highest BCUT2D eigenvalue weighted by molar-refractivity contribution is 7.88. The third-order valence-electron chi connectivity index (χ3n) is 5.55. The highest BCUT2D eigenvalue weighted by Gasteiger charge is 2.27. The first-order valence-electron chi connectivity index (χ1n) is 9.92. The molecule has 0 unspecified atom stereocenters. The topological polar surface area (TPSA) is 79.0 Å². The van der Waals surface area contributed by atoms with Crippen LogP contribution >= 0.6 is 0 Å². The molecular weight excluding hydrogens is 378 g/mol. The molecule has 1 aromatic rings. The fraction of sp³-hybridized carbons (Fsp3) is 0.650. The van der Waals surface area contributed by atoms with Crippen LogP contribution in [-0.4, -0.2) is 58.2 Å². The lowest BCUT2D eigenvalue weighted by Gasteiger charge is -2.27. The molecule has 8 heteroatoms. The van der Waals surface area contributed by atoms with E-state index in [9.17, 15) is 13.2 Å². The zero-order valence-electron chi connectivity index (χ0n) is 17.0. The van der Waals surface area contributed by atoms with Gasteiger partial charge in [0, 0.05) is 51.1 Å². The van der Waals surface area contributed by atoms with Gasteiger partial charge in [-0.15, -0.1) is 0 Å². The molecule has 28 heavy (non-hydrogen) atoms. The molecule has 0 radical (unpaired) electrons. The van der Waals surface area contributed by atoms with Gasteiger partial charge in [-0.1, -0.05) is 6.42 Å². The average Bonchev–Trinajstić information content (AvgIpc) is 3.04. The lowest BCUT2D eigenvalue weighted by atomic mass is 9.85. The molecule has 1 aromatic carbocycles. The lowest BCUT2D eigenvalue weighted by molar-refractivity contribution is -0.122. The lowest BCUT2D eigenvalue weighted by Crippen LogP contribution is -2.36. The summed E-state index contributed by atoms with van der Waals surface area (Å²) in [6.07, 6.45) is 6.02. The summed E-state index contributed by atoms with van der Waals surface area (Å²) < 4.78 is 31.9. The summed E-state index contributed by atoms with van der Waals surface area (Å²) in [5.41, 5.74) is 2.51. The molecule has 1 saturated heterocycles. The second-order valence-electron chi connectivity index (χ2n) is 8.05. The minimum atomic E-state index is -3.39. The van der Waals surface area contributed by atoms with Crippen LogP contribution in [0.2, 0.25) is 0 Å². The summed E-state index contributed by atoms with van der Waals surface area (Å²) in [6.45, 7) is 1.29. The Morgan fingerprint density at radius 2 is 1.96 bits per heavy atom. The summed E-state index contributed by atoms with van der Waals surface area (Å²) in [7, 11) is 0.464. The van der Waals surface area contributed by atoms with E-state index in [0.29, 0.717) is 18.8 Å². The Morgan fingerprint density at radius 3 is 2.50 bits per heavy atom. The number of benzene rings is 1. The maximum absolute atomic E-state index is 12.4. The SMILES string of the molecule is CN(C)c1ccc(NC(=O)C2CCC2)cc1CN(C[C@@H]1CCCO1)S(C)(=O)=O. The molecule has 0 aromatic heterocycles. The average molecular weight is 410 g/mol. The molecule has 0 spiro atoms. The van der Waals surface area contributed by atoms with E-state index in [2.05, 4.69) is 5.32 Å². The number of ether oxygens (including phenoxy) is 1. The first-order valence-corrected chi connectivity index (χ1v) is 11.8. The fourth-order valence-electron chi connectivity index (χ4n) is 3.66. The van der Waals surface area contributed by atoms with Gasteiger partial charge in [-0.25, -0.2) is 8.42 Å². The van der Waals surface area contributed by atoms with Crippen LogP contribution in [0.5, 0.6) is 0 Å². The third-order valence-corrected chi connectivity index (χ3v) is 6.77. The molecule has 1 N–H and O–H groups in total. The van der Waals surface area contributed by atoms with Gasteiger partial charge in [0.2, 0.25) is 15.9 Å². The van der Waals surface area contributed by atoms with E-state index >= 15 is 0 Å². The molecule has 1 amide bonds. The highest BCUT2D eigenvalue weighted by Crippen LogP contribution is 2.30. The van der Waals surface area contributed by atoms with Gasteiger partial charge in [-0.3, -0.25) is 4.79 Å². The fourth-order valence-corrected chi connectivity index (χ4v) is 4.47. The van der Waals surface area contributed by atoms with Crippen LogP contribution in [0.4, 0.5) is 11.4 Å². The van der Waals surface area contributed by atoms with Crippen molar-refractivity contribution in [2.45, 2.75) is 44.8 Å². The van der Waals surface area contributed by atoms with E-state index in [4.69, 9.17) is 4.74 Å². The zero-order valence-corrected chi connectivity index (χ0v) is 17.8. The summed E-state index contributed by atoms with van der Waals surface area (Å²) in [5, 5.41) is 2.99. The molecule has 1 saturated carbocycles. The smallest absolute Gasteiger partial charge is 0.227 e. The van der Waals surface area contributed by atoms with E-state index < -0.39 is 10.0 Å². The van der Waals surface area contributed by atoms with Crippen LogP contribution in [0.25, 0.3) is 0 Å². The standard InChI is InChI=1S/C20H31N3O4S/c1-22(2)19-10-9-17(21-20(24)15-6-4-7-15)12-16(19)13-23(28(3,25)26)14-18-8-5-11-27-18/h9-10,12,15,18H,4-8,11,13-14H2,1-3H3,(H,21,24)/t18-/m0/s1. The van der Waals surface area contributed by atoms with Gasteiger partial charge >= 0.3 is 0 Å². The van der Waals surface area contributed by atoms with Crippen LogP contribution in [0.1, 0.15) is 37.7 Å². The molecule has 2 aliphatic rings. The van der Waals surface area contributed by atoms with Crippen LogP contribution < -0.4 is 10.2 Å². The number of rotatable bonds is 8. The maximum atomic E-state index is 12.4. The van der Waals surface area contributed by atoms with Crippen molar-refractivity contribution in [3.05, 3.63) is 23.8 Å². The van der Waals surface area contributed by atoms with Crippen LogP contribution in [0.15, 0.2) is 18.2 Å². The van der Waals surface area contributed by atoms with Crippen LogP contribution in [0, 0.1) is 5.92 Å². The van der Waals surface area contributed by atoms with Gasteiger partial charge in [0.15, 0.2) is 0 Å². The number of sulfonamides is 1. The number of amides is 1. The van der Waals surface area contributed by atoms with Crippen molar-refractivity contribution in [3.8, 4) is 0 Å². The Balaban J connectivity index is 1.81. The Hall–Kier alpha value is -1.64. The number of nitrogens with one attached hydrogen (secondary N) is 1. The Kier molecular flexibility index (Phi) is 6.62. The van der Waals surface area contributed by atoms with E-state index in [-0.39, 0.29) is 24.5 Å². The normalized spacial score (nSPS) is 20.2. The second kappa shape index (κ2) is 8.80. The number of anilines is 2. The molecule has 7 nitrogen and oxygen atoms in total. The molecule has 1 atom stereocenters. The van der Waals surface area contributed by atoms with Crippen molar-refractivity contribution in [1.82, 2.24) is 4.31 Å². The maximum Gasteiger partial charge on any atom is 0.227 e. The van der Waals surface area contributed by atoms with Gasteiger partial charge in [0.1, 0.15) is 0 Å². The largest absolute Gasteiger partial charge is 0.377 e. The quantitative estimate of drug-likeness (QED) is 0.713. The van der Waals surface area contributed by atoms with E-state index in [0.717, 1.165) is 43.4 Å². The van der Waals surface area contributed by atoms with Gasteiger partial charge in [-0.2, -0.15) is 4.31 Å². The molecule has 2 fully saturated rings. The minimum absolute atomic E-state index is 0.0501. The van der Waals surface area contributed by atoms with Crippen molar-refractivity contribution >= 4 is 27.3 Å². The van der Waals surface area contributed by atoms with E-state index in [1.807, 2.05) is 37.2 Å². The van der Waals surface area contributed by atoms with E-state index in [1.165, 1.54) is 10.6 Å². The number of hydrogen-bond donors (Lipinski definition) is 1. The predicted molar refractivity (Wildman–Crippen MR) is 111 cm³/mol. The van der Waals surface area contributed by atoms with Gasteiger partial charge in [-0.05, 0) is 49.4 Å². The number of nitrogens with zero attached hydrogens (tertiary/aromatic N) is 2. The van der Waals surface area contributed by atoms with Crippen molar-refractivity contribution in [1.29, 1.82) is 0 Å². The van der Waals surface area contributed by atoms with Gasteiger partial charge in [0.05, 0.1) is 12.4 Å². The monoisotopic (exact) mass is 409 g/mol. The molecule has 1 heterocycles. The Bertz CT molecular complexity index is 800. The first-order chi connectivity index (χ1) is 13.2. The number of hydrogen-bond acceptors (Lipinski definition) is 5. The first kappa shape index (κ1) is 21.1. The third kappa shape index (κ3) is 5.24. The van der Waals surface area contributed by atoms with Crippen molar-refractivity contribution in [2.24, 2.45) is 5.92 Å². The molecule has 0 bridgehead atoms. The second-order valence-corrected chi connectivity index (χ2v) is 10.0. The Morgan fingerprint density at radius 1 is 1.21 bits per heavy atom. The molecule has 3 rings (SSSR count). The minimum Gasteiger partial charge on any atom is -0.377 e. The number of carbonyl (C=O) groups excluding carboxylic acids is 1. The summed E-state index contributed by atoms with van der Waals surface area (Å²) in [4.78, 5) is 14.2. The molecular formula is C20H31N3O4S.